The number of allylic oxidation sites excluding steroid dienone is 1. The Bertz CT molecular complexity index is 1340. The Balaban J connectivity index is 1.63. The molecule has 0 fully saturated rings. The number of Topliss-reactive ketones (excluding diaryl/α,β-unsaturated/α-hetero) is 1. The molecule has 0 saturated carbocycles. The fourth-order valence-corrected chi connectivity index (χ4v) is 5.69. The number of anilines is 2. The van der Waals surface area contributed by atoms with E-state index in [4.69, 9.17) is 4.74 Å². The maximum Gasteiger partial charge on any atom is 0.227 e. The van der Waals surface area contributed by atoms with Crippen LogP contribution in [0.25, 0.3) is 0 Å². The SMILES string of the molecule is CCCCCC(=O)N1c2ccccc2NC2=C(C(=O)C[C@@H](c3ccc(OC)cc3)C2)[C@@H]1c1ccc(C)cc1. The number of ether oxygens (including phenoxy) is 1. The predicted octanol–water partition coefficient (Wildman–Crippen LogP) is 7.48. The second kappa shape index (κ2) is 11.3. The summed E-state index contributed by atoms with van der Waals surface area (Å²) in [6.07, 6.45) is 4.45. The number of amides is 1. The normalized spacial score (nSPS) is 18.8. The van der Waals surface area contributed by atoms with Crippen molar-refractivity contribution in [3.63, 3.8) is 0 Å². The molecule has 0 bridgehead atoms. The highest BCUT2D eigenvalue weighted by molar-refractivity contribution is 6.06. The highest BCUT2D eigenvalue weighted by Crippen LogP contribution is 2.47. The molecule has 5 nitrogen and oxygen atoms in total. The molecule has 3 aromatic rings. The summed E-state index contributed by atoms with van der Waals surface area (Å²) in [5.41, 5.74) is 6.52. The minimum Gasteiger partial charge on any atom is -0.497 e. The van der Waals surface area contributed by atoms with Crippen molar-refractivity contribution in [2.45, 2.75) is 64.3 Å². The van der Waals surface area contributed by atoms with Gasteiger partial charge in [-0.05, 0) is 61.1 Å². The van der Waals surface area contributed by atoms with Crippen LogP contribution in [-0.2, 0) is 9.59 Å². The van der Waals surface area contributed by atoms with Gasteiger partial charge in [0.1, 0.15) is 5.75 Å². The number of ketones is 1. The van der Waals surface area contributed by atoms with Crippen molar-refractivity contribution in [2.75, 3.05) is 17.3 Å². The summed E-state index contributed by atoms with van der Waals surface area (Å²) in [6, 6.07) is 23.7. The molecule has 0 saturated heterocycles. The van der Waals surface area contributed by atoms with E-state index in [0.29, 0.717) is 24.8 Å². The lowest BCUT2D eigenvalue weighted by Crippen LogP contribution is -2.38. The zero-order valence-corrected chi connectivity index (χ0v) is 22.5. The fourth-order valence-electron chi connectivity index (χ4n) is 5.69. The maximum atomic E-state index is 14.1. The van der Waals surface area contributed by atoms with Crippen molar-refractivity contribution in [1.29, 1.82) is 0 Å². The summed E-state index contributed by atoms with van der Waals surface area (Å²) in [5, 5.41) is 3.62. The van der Waals surface area contributed by atoms with Crippen molar-refractivity contribution < 1.29 is 14.3 Å². The number of nitrogens with zero attached hydrogens (tertiary/aromatic N) is 1. The van der Waals surface area contributed by atoms with Crippen LogP contribution in [-0.4, -0.2) is 18.8 Å². The number of carbonyl (C=O) groups is 2. The molecule has 196 valence electrons. The van der Waals surface area contributed by atoms with E-state index in [2.05, 4.69) is 43.4 Å². The zero-order chi connectivity index (χ0) is 26.6. The van der Waals surface area contributed by atoms with Crippen molar-refractivity contribution in [2.24, 2.45) is 0 Å². The van der Waals surface area contributed by atoms with Crippen molar-refractivity contribution in [1.82, 2.24) is 0 Å². The number of nitrogens with one attached hydrogen (secondary N) is 1. The molecule has 0 radical (unpaired) electrons. The second-order valence-electron chi connectivity index (χ2n) is 10.4. The van der Waals surface area contributed by atoms with E-state index < -0.39 is 6.04 Å². The number of hydrogen-bond acceptors (Lipinski definition) is 4. The molecule has 0 aromatic heterocycles. The molecule has 3 aromatic carbocycles. The Hall–Kier alpha value is -3.86. The Morgan fingerprint density at radius 2 is 1.66 bits per heavy atom. The largest absolute Gasteiger partial charge is 0.497 e. The molecule has 5 rings (SSSR count). The molecule has 0 spiro atoms. The number of methoxy groups -OCH3 is 1. The average molecular weight is 509 g/mol. The van der Waals surface area contributed by atoms with Crippen LogP contribution in [0.4, 0.5) is 11.4 Å². The summed E-state index contributed by atoms with van der Waals surface area (Å²) in [4.78, 5) is 29.9. The number of fused-ring (bicyclic) bond motifs is 1. The van der Waals surface area contributed by atoms with E-state index >= 15 is 0 Å². The third-order valence-corrected chi connectivity index (χ3v) is 7.73. The first-order valence-electron chi connectivity index (χ1n) is 13.6. The van der Waals surface area contributed by atoms with Gasteiger partial charge in [0.25, 0.3) is 0 Å². The molecule has 1 N–H and O–H groups in total. The molecule has 1 heterocycles. The predicted molar refractivity (Wildman–Crippen MR) is 153 cm³/mol. The number of hydrogen-bond donors (Lipinski definition) is 1. The topological polar surface area (TPSA) is 58.6 Å². The van der Waals surface area contributed by atoms with E-state index in [-0.39, 0.29) is 17.6 Å². The van der Waals surface area contributed by atoms with Gasteiger partial charge in [-0.25, -0.2) is 0 Å². The van der Waals surface area contributed by atoms with Gasteiger partial charge in [0.15, 0.2) is 5.78 Å². The van der Waals surface area contributed by atoms with Gasteiger partial charge in [0.05, 0.1) is 24.5 Å². The standard InChI is InChI=1S/C33H36N2O3/c1-4-5-6-11-31(37)35-29-10-8-7-9-27(29)34-28-20-25(23-16-18-26(38-3)19-17-23)21-30(36)32(28)33(35)24-14-12-22(2)13-15-24/h7-10,12-19,25,33-34H,4-6,11,20-21H2,1-3H3/t25-,33-/m0/s1. The van der Waals surface area contributed by atoms with Gasteiger partial charge in [-0.2, -0.15) is 0 Å². The maximum absolute atomic E-state index is 14.1. The minimum absolute atomic E-state index is 0.0529. The van der Waals surface area contributed by atoms with Gasteiger partial charge in [-0.1, -0.05) is 73.9 Å². The highest BCUT2D eigenvalue weighted by Gasteiger charge is 2.41. The molecular weight excluding hydrogens is 472 g/mol. The lowest BCUT2D eigenvalue weighted by atomic mass is 9.78. The van der Waals surface area contributed by atoms with Crippen LogP contribution < -0.4 is 15.0 Å². The first-order valence-corrected chi connectivity index (χ1v) is 13.6. The molecule has 2 atom stereocenters. The van der Waals surface area contributed by atoms with Gasteiger partial charge >= 0.3 is 0 Å². The molecule has 2 aliphatic rings. The summed E-state index contributed by atoms with van der Waals surface area (Å²) in [7, 11) is 1.66. The van der Waals surface area contributed by atoms with Gasteiger partial charge in [0, 0.05) is 24.1 Å². The van der Waals surface area contributed by atoms with Crippen molar-refractivity contribution in [3.8, 4) is 5.75 Å². The van der Waals surface area contributed by atoms with E-state index in [1.807, 2.05) is 53.4 Å². The van der Waals surface area contributed by atoms with Crippen molar-refractivity contribution in [3.05, 3.63) is 101 Å². The number of benzene rings is 3. The average Bonchev–Trinajstić information content (AvgIpc) is 3.08. The molecular formula is C33H36N2O3. The summed E-state index contributed by atoms with van der Waals surface area (Å²) < 4.78 is 5.33. The number of aryl methyl sites for hydroxylation is 1. The van der Waals surface area contributed by atoms with Crippen molar-refractivity contribution >= 4 is 23.1 Å². The molecule has 1 aliphatic heterocycles. The Morgan fingerprint density at radius 3 is 2.37 bits per heavy atom. The number of rotatable bonds is 7. The van der Waals surface area contributed by atoms with E-state index in [0.717, 1.165) is 58.8 Å². The first kappa shape index (κ1) is 25.8. The second-order valence-corrected chi connectivity index (χ2v) is 10.4. The monoisotopic (exact) mass is 508 g/mol. The number of unbranched alkanes of at least 4 members (excludes halogenated alkanes) is 2. The highest BCUT2D eigenvalue weighted by atomic mass is 16.5. The molecule has 0 unspecified atom stereocenters. The summed E-state index contributed by atoms with van der Waals surface area (Å²) in [5.74, 6) is 0.993. The van der Waals surface area contributed by atoms with Gasteiger partial charge < -0.3 is 10.1 Å². The van der Waals surface area contributed by atoms with Crippen LogP contribution >= 0.6 is 0 Å². The Morgan fingerprint density at radius 1 is 0.947 bits per heavy atom. The van der Waals surface area contributed by atoms with Crippen LogP contribution in [0.5, 0.6) is 5.75 Å². The van der Waals surface area contributed by atoms with Gasteiger partial charge in [-0.3, -0.25) is 14.5 Å². The number of carbonyl (C=O) groups excluding carboxylic acids is 2. The van der Waals surface area contributed by atoms with Gasteiger partial charge in [0.2, 0.25) is 5.91 Å². The Kier molecular flexibility index (Phi) is 7.64. The third kappa shape index (κ3) is 5.10. The van der Waals surface area contributed by atoms with Crippen LogP contribution in [0.3, 0.4) is 0 Å². The van der Waals surface area contributed by atoms with Crippen LogP contribution in [0, 0.1) is 6.92 Å². The summed E-state index contributed by atoms with van der Waals surface area (Å²) in [6.45, 7) is 4.19. The van der Waals surface area contributed by atoms with E-state index in [1.54, 1.807) is 7.11 Å². The fraction of sp³-hybridized carbons (Fsp3) is 0.333. The van der Waals surface area contributed by atoms with Crippen LogP contribution in [0.2, 0.25) is 0 Å². The van der Waals surface area contributed by atoms with E-state index in [1.165, 1.54) is 0 Å². The van der Waals surface area contributed by atoms with Crippen LogP contribution in [0.1, 0.15) is 74.1 Å². The van der Waals surface area contributed by atoms with Crippen LogP contribution in [0.15, 0.2) is 84.1 Å². The summed E-state index contributed by atoms with van der Waals surface area (Å²) >= 11 is 0. The lowest BCUT2D eigenvalue weighted by molar-refractivity contribution is -0.119. The molecule has 1 amide bonds. The molecule has 1 aliphatic carbocycles. The third-order valence-electron chi connectivity index (χ3n) is 7.73. The first-order chi connectivity index (χ1) is 18.5. The Labute approximate surface area is 225 Å². The molecule has 5 heteroatoms. The lowest BCUT2D eigenvalue weighted by Gasteiger charge is -2.35. The van der Waals surface area contributed by atoms with Gasteiger partial charge in [-0.15, -0.1) is 0 Å². The number of para-hydroxylation sites is 2. The minimum atomic E-state index is -0.472. The quantitative estimate of drug-likeness (QED) is 0.336. The smallest absolute Gasteiger partial charge is 0.227 e. The zero-order valence-electron chi connectivity index (χ0n) is 22.5. The van der Waals surface area contributed by atoms with E-state index in [9.17, 15) is 9.59 Å². The molecule has 38 heavy (non-hydrogen) atoms.